The summed E-state index contributed by atoms with van der Waals surface area (Å²) in [4.78, 5) is 12.4. The predicted molar refractivity (Wildman–Crippen MR) is 112 cm³/mol. The Morgan fingerprint density at radius 3 is 2.45 bits per heavy atom. The molecule has 0 saturated heterocycles. The molecule has 3 rings (SSSR count). The smallest absolute Gasteiger partial charge is 0.264 e. The molecule has 3 aromatic rings. The number of hydrazone groups is 1. The van der Waals surface area contributed by atoms with Gasteiger partial charge in [0.15, 0.2) is 0 Å². The maximum atomic E-state index is 13.2. The zero-order chi connectivity index (χ0) is 20.9. The number of amides is 1. The molecule has 29 heavy (non-hydrogen) atoms. The lowest BCUT2D eigenvalue weighted by Gasteiger charge is -2.23. The van der Waals surface area contributed by atoms with Gasteiger partial charge in [-0.1, -0.05) is 29.3 Å². The van der Waals surface area contributed by atoms with Crippen LogP contribution in [-0.2, 0) is 14.8 Å². The molecule has 0 aliphatic carbocycles. The molecule has 0 bridgehead atoms. The highest BCUT2D eigenvalue weighted by molar-refractivity contribution is 7.92. The van der Waals surface area contributed by atoms with Gasteiger partial charge in [0.2, 0.25) is 0 Å². The molecule has 1 aromatic heterocycles. The van der Waals surface area contributed by atoms with E-state index < -0.39 is 22.5 Å². The van der Waals surface area contributed by atoms with Crippen molar-refractivity contribution >= 4 is 39.4 Å². The molecule has 150 valence electrons. The van der Waals surface area contributed by atoms with Crippen molar-refractivity contribution in [2.45, 2.75) is 11.8 Å². The summed E-state index contributed by atoms with van der Waals surface area (Å²) in [7, 11) is -4.00. The fourth-order valence-electron chi connectivity index (χ4n) is 2.46. The number of hydrogen-bond acceptors (Lipinski definition) is 5. The maximum Gasteiger partial charge on any atom is 0.264 e. The topological polar surface area (TPSA) is 92.0 Å². The lowest BCUT2D eigenvalue weighted by molar-refractivity contribution is -0.119. The summed E-state index contributed by atoms with van der Waals surface area (Å²) in [5.41, 5.74) is 3.63. The Balaban J connectivity index is 1.85. The molecule has 2 aromatic carbocycles. The molecule has 1 N–H and O–H groups in total. The first-order valence-corrected chi connectivity index (χ1v) is 10.4. The molecule has 0 fully saturated rings. The molecule has 0 spiro atoms. The number of hydrogen-bond donors (Lipinski definition) is 1. The number of aryl methyl sites for hydroxylation is 1. The number of nitrogens with one attached hydrogen (secondary N) is 1. The van der Waals surface area contributed by atoms with Crippen molar-refractivity contribution in [1.29, 1.82) is 0 Å². The molecule has 0 unspecified atom stereocenters. The standard InChI is InChI=1S/C20H18ClN3O4S/c1-15-4-8-17(9-5-15)24(29(26,27)19-10-6-16(21)7-11-19)14-20(25)23-22-13-18-3-2-12-28-18/h2-13H,14H2,1H3,(H,23,25)/b22-13-. The third-order valence-corrected chi connectivity index (χ3v) is 5.98. The van der Waals surface area contributed by atoms with Gasteiger partial charge in [0.05, 0.1) is 23.1 Å². The number of benzene rings is 2. The van der Waals surface area contributed by atoms with E-state index >= 15 is 0 Å². The summed E-state index contributed by atoms with van der Waals surface area (Å²) in [5, 5.41) is 4.20. The molecule has 0 aliphatic rings. The molecular formula is C20H18ClN3O4S. The Morgan fingerprint density at radius 2 is 1.83 bits per heavy atom. The molecule has 9 heteroatoms. The summed E-state index contributed by atoms with van der Waals surface area (Å²) < 4.78 is 32.5. The van der Waals surface area contributed by atoms with Gasteiger partial charge in [-0.05, 0) is 55.5 Å². The van der Waals surface area contributed by atoms with Gasteiger partial charge in [-0.3, -0.25) is 9.10 Å². The Kier molecular flexibility index (Phi) is 6.36. The van der Waals surface area contributed by atoms with E-state index in [1.54, 1.807) is 36.4 Å². The summed E-state index contributed by atoms with van der Waals surface area (Å²) in [6, 6.07) is 15.9. The second-order valence-electron chi connectivity index (χ2n) is 6.11. The van der Waals surface area contributed by atoms with Crippen LogP contribution in [0.4, 0.5) is 5.69 Å². The van der Waals surface area contributed by atoms with Crippen LogP contribution in [-0.4, -0.2) is 27.1 Å². The zero-order valence-electron chi connectivity index (χ0n) is 15.4. The van der Waals surface area contributed by atoms with Gasteiger partial charge in [-0.15, -0.1) is 0 Å². The first kappa shape index (κ1) is 20.6. The summed E-state index contributed by atoms with van der Waals surface area (Å²) >= 11 is 5.86. The van der Waals surface area contributed by atoms with E-state index in [-0.39, 0.29) is 4.90 Å². The first-order valence-electron chi connectivity index (χ1n) is 8.56. The summed E-state index contributed by atoms with van der Waals surface area (Å²) in [6.45, 7) is 1.43. The van der Waals surface area contributed by atoms with Gasteiger partial charge >= 0.3 is 0 Å². The Bertz CT molecular complexity index is 1090. The quantitative estimate of drug-likeness (QED) is 0.457. The normalized spacial score (nSPS) is 11.5. The Morgan fingerprint density at radius 1 is 1.14 bits per heavy atom. The van der Waals surface area contributed by atoms with Gasteiger partial charge < -0.3 is 4.42 Å². The second kappa shape index (κ2) is 8.93. The van der Waals surface area contributed by atoms with Crippen LogP contribution in [0.1, 0.15) is 11.3 Å². The molecule has 1 heterocycles. The second-order valence-corrected chi connectivity index (χ2v) is 8.41. The van der Waals surface area contributed by atoms with Crippen molar-refractivity contribution in [3.8, 4) is 0 Å². The largest absolute Gasteiger partial charge is 0.463 e. The van der Waals surface area contributed by atoms with Crippen LogP contribution in [0.15, 0.2) is 81.3 Å². The van der Waals surface area contributed by atoms with E-state index in [2.05, 4.69) is 10.5 Å². The van der Waals surface area contributed by atoms with E-state index in [1.165, 1.54) is 36.7 Å². The minimum Gasteiger partial charge on any atom is -0.463 e. The monoisotopic (exact) mass is 431 g/mol. The molecule has 0 aliphatic heterocycles. The lowest BCUT2D eigenvalue weighted by atomic mass is 10.2. The van der Waals surface area contributed by atoms with Crippen LogP contribution in [0.2, 0.25) is 5.02 Å². The fourth-order valence-corrected chi connectivity index (χ4v) is 4.01. The van der Waals surface area contributed by atoms with Crippen molar-refractivity contribution < 1.29 is 17.6 Å². The molecule has 1 amide bonds. The van der Waals surface area contributed by atoms with Crippen molar-refractivity contribution in [2.75, 3.05) is 10.8 Å². The minimum atomic E-state index is -4.00. The summed E-state index contributed by atoms with van der Waals surface area (Å²) in [6.07, 6.45) is 2.79. The van der Waals surface area contributed by atoms with Crippen LogP contribution in [0, 0.1) is 6.92 Å². The van der Waals surface area contributed by atoms with Crippen molar-refractivity contribution in [2.24, 2.45) is 5.10 Å². The van der Waals surface area contributed by atoms with Gasteiger partial charge in [0, 0.05) is 5.02 Å². The van der Waals surface area contributed by atoms with Gasteiger partial charge in [-0.25, -0.2) is 13.8 Å². The Labute approximate surface area is 173 Å². The predicted octanol–water partition coefficient (Wildman–Crippen LogP) is 3.59. The third kappa shape index (κ3) is 5.24. The summed E-state index contributed by atoms with van der Waals surface area (Å²) in [5.74, 6) is -0.152. The van der Waals surface area contributed by atoms with Crippen LogP contribution < -0.4 is 9.73 Å². The lowest BCUT2D eigenvalue weighted by Crippen LogP contribution is -2.39. The number of halogens is 1. The highest BCUT2D eigenvalue weighted by Crippen LogP contribution is 2.25. The van der Waals surface area contributed by atoms with Crippen LogP contribution >= 0.6 is 11.6 Å². The number of carbonyl (C=O) groups is 1. The van der Waals surface area contributed by atoms with Crippen LogP contribution in [0.3, 0.4) is 0 Å². The third-order valence-electron chi connectivity index (χ3n) is 3.94. The van der Waals surface area contributed by atoms with E-state index in [4.69, 9.17) is 16.0 Å². The highest BCUT2D eigenvalue weighted by atomic mass is 35.5. The van der Waals surface area contributed by atoms with Gasteiger partial charge in [-0.2, -0.15) is 5.10 Å². The molecule has 7 nitrogen and oxygen atoms in total. The average molecular weight is 432 g/mol. The van der Waals surface area contributed by atoms with E-state index in [9.17, 15) is 13.2 Å². The van der Waals surface area contributed by atoms with Crippen molar-refractivity contribution in [3.63, 3.8) is 0 Å². The van der Waals surface area contributed by atoms with E-state index in [0.29, 0.717) is 16.5 Å². The molecule has 0 atom stereocenters. The fraction of sp³-hybridized carbons (Fsp3) is 0.100. The number of rotatable bonds is 7. The minimum absolute atomic E-state index is 0.0226. The number of carbonyl (C=O) groups excluding carboxylic acids is 1. The first-order chi connectivity index (χ1) is 13.9. The Hall–Kier alpha value is -3.10. The van der Waals surface area contributed by atoms with E-state index in [0.717, 1.165) is 9.87 Å². The van der Waals surface area contributed by atoms with Crippen LogP contribution in [0.25, 0.3) is 0 Å². The average Bonchev–Trinajstić information content (AvgIpc) is 3.21. The number of furan rings is 1. The molecular weight excluding hydrogens is 414 g/mol. The van der Waals surface area contributed by atoms with Gasteiger partial charge in [0.1, 0.15) is 12.3 Å². The molecule has 0 saturated carbocycles. The molecule has 0 radical (unpaired) electrons. The number of nitrogens with zero attached hydrogens (tertiary/aromatic N) is 2. The maximum absolute atomic E-state index is 13.2. The van der Waals surface area contributed by atoms with Crippen molar-refractivity contribution in [1.82, 2.24) is 5.43 Å². The number of anilines is 1. The van der Waals surface area contributed by atoms with E-state index in [1.807, 2.05) is 6.92 Å². The zero-order valence-corrected chi connectivity index (χ0v) is 17.0. The van der Waals surface area contributed by atoms with Gasteiger partial charge in [0.25, 0.3) is 15.9 Å². The van der Waals surface area contributed by atoms with Crippen LogP contribution in [0.5, 0.6) is 0 Å². The highest BCUT2D eigenvalue weighted by Gasteiger charge is 2.27. The number of sulfonamides is 1. The van der Waals surface area contributed by atoms with Crippen molar-refractivity contribution in [3.05, 3.63) is 83.3 Å². The SMILES string of the molecule is Cc1ccc(N(CC(=O)N/N=C\c2ccco2)S(=O)(=O)c2ccc(Cl)cc2)cc1.